The van der Waals surface area contributed by atoms with Gasteiger partial charge in [-0.15, -0.1) is 11.3 Å². The van der Waals surface area contributed by atoms with E-state index >= 15 is 0 Å². The Morgan fingerprint density at radius 1 is 1.47 bits per heavy atom. The first-order chi connectivity index (χ1) is 9.22. The molecule has 3 nitrogen and oxygen atoms in total. The second-order valence-electron chi connectivity index (χ2n) is 4.46. The van der Waals surface area contributed by atoms with E-state index in [1.807, 2.05) is 19.1 Å². The molecule has 0 fully saturated rings. The molecule has 1 N–H and O–H groups in total. The van der Waals surface area contributed by atoms with E-state index in [0.717, 1.165) is 39.2 Å². The van der Waals surface area contributed by atoms with Crippen molar-refractivity contribution in [2.75, 3.05) is 13.2 Å². The fraction of sp³-hybridized carbons (Fsp3) is 0.357. The minimum Gasteiger partial charge on any atom is -0.462 e. The number of benzene rings is 1. The largest absolute Gasteiger partial charge is 0.462 e. The second kappa shape index (κ2) is 5.12. The van der Waals surface area contributed by atoms with E-state index in [1.165, 1.54) is 11.3 Å². The summed E-state index contributed by atoms with van der Waals surface area (Å²) in [6.45, 7) is 3.79. The predicted molar refractivity (Wildman–Crippen MR) is 78.2 cm³/mol. The number of esters is 1. The molecule has 5 heteroatoms. The van der Waals surface area contributed by atoms with Crippen molar-refractivity contribution in [2.45, 2.75) is 19.9 Å². The molecule has 100 valence electrons. The van der Waals surface area contributed by atoms with Crippen LogP contribution < -0.4 is 5.32 Å². The summed E-state index contributed by atoms with van der Waals surface area (Å²) in [7, 11) is 0. The number of carbonyl (C=O) groups excluding carboxylic acids is 1. The highest BCUT2D eigenvalue weighted by Crippen LogP contribution is 2.38. The van der Waals surface area contributed by atoms with Crippen molar-refractivity contribution in [1.29, 1.82) is 0 Å². The van der Waals surface area contributed by atoms with E-state index in [4.69, 9.17) is 16.3 Å². The van der Waals surface area contributed by atoms with Crippen LogP contribution in [0, 0.1) is 0 Å². The van der Waals surface area contributed by atoms with Gasteiger partial charge in [0.15, 0.2) is 0 Å². The highest BCUT2D eigenvalue weighted by Gasteiger charge is 2.23. The second-order valence-corrected chi connectivity index (χ2v) is 5.92. The smallest absolute Gasteiger partial charge is 0.348 e. The predicted octanol–water partition coefficient (Wildman–Crippen LogP) is 3.38. The van der Waals surface area contributed by atoms with Gasteiger partial charge in [0.25, 0.3) is 0 Å². The zero-order valence-electron chi connectivity index (χ0n) is 10.6. The van der Waals surface area contributed by atoms with E-state index in [9.17, 15) is 4.79 Å². The topological polar surface area (TPSA) is 38.3 Å². The van der Waals surface area contributed by atoms with Crippen LogP contribution in [-0.2, 0) is 17.7 Å². The lowest BCUT2D eigenvalue weighted by atomic mass is 10.0. The average molecular weight is 296 g/mol. The van der Waals surface area contributed by atoms with E-state index < -0.39 is 0 Å². The van der Waals surface area contributed by atoms with Crippen LogP contribution in [0.1, 0.15) is 27.7 Å². The third-order valence-electron chi connectivity index (χ3n) is 3.32. The Hall–Kier alpha value is -1.10. The standard InChI is InChI=1S/C14H14ClNO2S/c1-2-18-14(17)13-9-7-16-6-5-8-10(15)3-4-11(19-13)12(8)9/h3-4,16H,2,5-7H2,1H3. The van der Waals surface area contributed by atoms with Crippen LogP contribution in [-0.4, -0.2) is 19.1 Å². The van der Waals surface area contributed by atoms with Gasteiger partial charge in [-0.05, 0) is 43.1 Å². The van der Waals surface area contributed by atoms with Crippen LogP contribution in [0.4, 0.5) is 0 Å². The van der Waals surface area contributed by atoms with Crippen molar-refractivity contribution in [1.82, 2.24) is 5.32 Å². The van der Waals surface area contributed by atoms with Gasteiger partial charge in [-0.25, -0.2) is 4.79 Å². The fourth-order valence-electron chi connectivity index (χ4n) is 2.50. The number of nitrogens with one attached hydrogen (secondary N) is 1. The molecule has 0 radical (unpaired) electrons. The minimum atomic E-state index is -0.232. The van der Waals surface area contributed by atoms with Crippen LogP contribution in [0.3, 0.4) is 0 Å². The highest BCUT2D eigenvalue weighted by atomic mass is 35.5. The number of carbonyl (C=O) groups is 1. The fourth-order valence-corrected chi connectivity index (χ4v) is 3.90. The Balaban J connectivity index is 2.25. The van der Waals surface area contributed by atoms with Crippen LogP contribution in [0.15, 0.2) is 12.1 Å². The molecule has 1 aromatic carbocycles. The summed E-state index contributed by atoms with van der Waals surface area (Å²) < 4.78 is 6.26. The third-order valence-corrected chi connectivity index (χ3v) is 4.85. The maximum absolute atomic E-state index is 12.1. The zero-order chi connectivity index (χ0) is 13.4. The molecule has 3 rings (SSSR count). The van der Waals surface area contributed by atoms with Crippen molar-refractivity contribution < 1.29 is 9.53 Å². The van der Waals surface area contributed by atoms with Crippen LogP contribution in [0.5, 0.6) is 0 Å². The van der Waals surface area contributed by atoms with Gasteiger partial charge in [0, 0.05) is 21.7 Å². The van der Waals surface area contributed by atoms with Crippen molar-refractivity contribution in [2.24, 2.45) is 0 Å². The van der Waals surface area contributed by atoms with E-state index in [1.54, 1.807) is 0 Å². The van der Waals surface area contributed by atoms with Crippen LogP contribution >= 0.6 is 22.9 Å². The Morgan fingerprint density at radius 3 is 3.11 bits per heavy atom. The first kappa shape index (κ1) is 12.9. The van der Waals surface area contributed by atoms with E-state index in [2.05, 4.69) is 5.32 Å². The van der Waals surface area contributed by atoms with Gasteiger partial charge in [0.1, 0.15) is 4.88 Å². The molecule has 2 aromatic rings. The van der Waals surface area contributed by atoms with Crippen molar-refractivity contribution in [3.63, 3.8) is 0 Å². The molecule has 0 saturated carbocycles. The summed E-state index contributed by atoms with van der Waals surface area (Å²) in [6, 6.07) is 3.91. The normalized spacial score (nSPS) is 14.4. The molecule has 1 aromatic heterocycles. The number of hydrogen-bond acceptors (Lipinski definition) is 4. The lowest BCUT2D eigenvalue weighted by Gasteiger charge is -2.04. The summed E-state index contributed by atoms with van der Waals surface area (Å²) in [4.78, 5) is 12.8. The van der Waals surface area contributed by atoms with Crippen LogP contribution in [0.25, 0.3) is 10.1 Å². The molecule has 0 unspecified atom stereocenters. The van der Waals surface area contributed by atoms with Gasteiger partial charge in [0.2, 0.25) is 0 Å². The molecule has 0 atom stereocenters. The molecule has 0 saturated heterocycles. The lowest BCUT2D eigenvalue weighted by Crippen LogP contribution is -2.15. The molecule has 1 aliphatic rings. The summed E-state index contributed by atoms with van der Waals surface area (Å²) >= 11 is 7.79. The highest BCUT2D eigenvalue weighted by molar-refractivity contribution is 7.21. The quantitative estimate of drug-likeness (QED) is 0.863. The number of thiophene rings is 1. The summed E-state index contributed by atoms with van der Waals surface area (Å²) in [6.07, 6.45) is 0.891. The van der Waals surface area contributed by atoms with Crippen molar-refractivity contribution in [3.05, 3.63) is 33.2 Å². The number of hydrogen-bond donors (Lipinski definition) is 1. The molecule has 0 aliphatic carbocycles. The maximum Gasteiger partial charge on any atom is 0.348 e. The average Bonchev–Trinajstić information content (AvgIpc) is 2.61. The monoisotopic (exact) mass is 295 g/mol. The molecule has 2 heterocycles. The van der Waals surface area contributed by atoms with Gasteiger partial charge in [-0.3, -0.25) is 0 Å². The molecule has 1 aliphatic heterocycles. The van der Waals surface area contributed by atoms with E-state index in [0.29, 0.717) is 18.0 Å². The first-order valence-corrected chi connectivity index (χ1v) is 7.52. The Labute approximate surface area is 120 Å². The van der Waals surface area contributed by atoms with Crippen molar-refractivity contribution in [3.8, 4) is 0 Å². The lowest BCUT2D eigenvalue weighted by molar-refractivity contribution is 0.0531. The minimum absolute atomic E-state index is 0.232. The molecule has 0 amide bonds. The van der Waals surface area contributed by atoms with Gasteiger partial charge >= 0.3 is 5.97 Å². The third kappa shape index (κ3) is 2.14. The number of halogens is 1. The first-order valence-electron chi connectivity index (χ1n) is 6.33. The summed E-state index contributed by atoms with van der Waals surface area (Å²) in [5, 5.41) is 5.27. The van der Waals surface area contributed by atoms with Crippen LogP contribution in [0.2, 0.25) is 5.02 Å². The summed E-state index contributed by atoms with van der Waals surface area (Å²) in [5.74, 6) is -0.232. The van der Waals surface area contributed by atoms with E-state index in [-0.39, 0.29) is 5.97 Å². The number of ether oxygens (including phenoxy) is 1. The Morgan fingerprint density at radius 2 is 2.32 bits per heavy atom. The molecule has 0 spiro atoms. The summed E-state index contributed by atoms with van der Waals surface area (Å²) in [5.41, 5.74) is 2.18. The van der Waals surface area contributed by atoms with Gasteiger partial charge in [-0.1, -0.05) is 11.6 Å². The molecule has 19 heavy (non-hydrogen) atoms. The van der Waals surface area contributed by atoms with Gasteiger partial charge in [0.05, 0.1) is 6.61 Å². The zero-order valence-corrected chi connectivity index (χ0v) is 12.2. The molecular formula is C14H14ClNO2S. The van der Waals surface area contributed by atoms with Crippen molar-refractivity contribution >= 4 is 39.0 Å². The maximum atomic E-state index is 12.1. The Bertz CT molecular complexity index is 650. The van der Waals surface area contributed by atoms with Gasteiger partial charge in [-0.2, -0.15) is 0 Å². The van der Waals surface area contributed by atoms with Gasteiger partial charge < -0.3 is 10.1 Å². The molecular weight excluding hydrogens is 282 g/mol. The number of rotatable bonds is 2. The SMILES string of the molecule is CCOC(=O)c1sc2ccc(Cl)c3c2c1CNCC3. The Kier molecular flexibility index (Phi) is 3.48. The molecule has 0 bridgehead atoms.